The Labute approximate surface area is 172 Å². The van der Waals surface area contributed by atoms with Crippen LogP contribution < -0.4 is 5.32 Å². The normalized spacial score (nSPS) is 14.8. The molecule has 0 spiro atoms. The Bertz CT molecular complexity index is 1040. The first kappa shape index (κ1) is 17.6. The fraction of sp³-hybridized carbons (Fsp3) is 0.0833. The first-order chi connectivity index (χ1) is 14.2. The summed E-state index contributed by atoms with van der Waals surface area (Å²) in [7, 11) is 0. The van der Waals surface area contributed by atoms with Crippen LogP contribution in [0, 0.1) is 0 Å². The summed E-state index contributed by atoms with van der Waals surface area (Å²) >= 11 is 1.42. The number of carbonyl (C=O) groups is 1. The summed E-state index contributed by atoms with van der Waals surface area (Å²) in [6.45, 7) is 0. The van der Waals surface area contributed by atoms with Gasteiger partial charge in [-0.1, -0.05) is 91.0 Å². The molecule has 0 saturated heterocycles. The average Bonchev–Trinajstić information content (AvgIpc) is 3.30. The molecular weight excluding hydrogens is 380 g/mol. The third-order valence-electron chi connectivity index (χ3n) is 5.30. The highest BCUT2D eigenvalue weighted by Crippen LogP contribution is 2.50. The Morgan fingerprint density at radius 3 is 1.62 bits per heavy atom. The molecule has 0 aliphatic heterocycles. The summed E-state index contributed by atoms with van der Waals surface area (Å²) in [5.41, 5.74) is 3.29. The third-order valence-corrected chi connectivity index (χ3v) is 6.35. The highest BCUT2D eigenvalue weighted by molar-refractivity contribution is 7.16. The zero-order valence-electron chi connectivity index (χ0n) is 15.4. The van der Waals surface area contributed by atoms with E-state index >= 15 is 0 Å². The van der Waals surface area contributed by atoms with Crippen molar-refractivity contribution in [2.24, 2.45) is 0 Å². The van der Waals surface area contributed by atoms with Crippen LogP contribution >= 0.6 is 11.3 Å². The standard InChI is InChI=1S/C24H18N2O2S/c27-22(28)19-20-21(19)29-23(25-20)26-24(16-10-4-1-5-11-16,17-12-6-2-7-13-17)18-14-8-3-9-15-18/h1-15,19H,(H,25,26)(H,27,28). The maximum atomic E-state index is 11.3. The zero-order chi connectivity index (χ0) is 19.8. The number of carboxylic acid groups (broad SMARTS) is 1. The van der Waals surface area contributed by atoms with Crippen LogP contribution in [0.2, 0.25) is 0 Å². The number of hydrogen-bond donors (Lipinski definition) is 2. The minimum absolute atomic E-state index is 0.523. The van der Waals surface area contributed by atoms with E-state index in [4.69, 9.17) is 0 Å². The van der Waals surface area contributed by atoms with E-state index in [1.807, 2.05) is 54.6 Å². The van der Waals surface area contributed by atoms with Gasteiger partial charge >= 0.3 is 5.97 Å². The summed E-state index contributed by atoms with van der Waals surface area (Å²) in [5.74, 6) is -1.35. The van der Waals surface area contributed by atoms with Crippen LogP contribution in [0.5, 0.6) is 0 Å². The fourth-order valence-electron chi connectivity index (χ4n) is 3.88. The molecule has 1 aliphatic rings. The second-order valence-corrected chi connectivity index (χ2v) is 8.04. The number of nitrogens with zero attached hydrogens (tertiary/aromatic N) is 1. The van der Waals surface area contributed by atoms with Gasteiger partial charge in [-0.25, -0.2) is 4.98 Å². The maximum Gasteiger partial charge on any atom is 0.318 e. The summed E-state index contributed by atoms with van der Waals surface area (Å²) in [6, 6.07) is 30.8. The molecule has 5 heteroatoms. The molecule has 1 atom stereocenters. The molecule has 2 N–H and O–H groups in total. The first-order valence-electron chi connectivity index (χ1n) is 9.38. The summed E-state index contributed by atoms with van der Waals surface area (Å²) in [5, 5.41) is 13.7. The zero-order valence-corrected chi connectivity index (χ0v) is 16.3. The number of aliphatic carboxylic acids is 1. The molecule has 5 rings (SSSR count). The van der Waals surface area contributed by atoms with Crippen molar-refractivity contribution in [3.8, 4) is 0 Å². The number of thiazole rings is 1. The van der Waals surface area contributed by atoms with Crippen molar-refractivity contribution in [2.75, 3.05) is 5.32 Å². The molecule has 1 heterocycles. The Kier molecular flexibility index (Phi) is 4.18. The van der Waals surface area contributed by atoms with E-state index in [-0.39, 0.29) is 0 Å². The van der Waals surface area contributed by atoms with Gasteiger partial charge in [-0.05, 0) is 16.7 Å². The minimum atomic E-state index is -0.828. The lowest BCUT2D eigenvalue weighted by Crippen LogP contribution is -2.38. The lowest BCUT2D eigenvalue weighted by molar-refractivity contribution is -0.136. The predicted octanol–water partition coefficient (Wildman–Crippen LogP) is 5.08. The van der Waals surface area contributed by atoms with E-state index in [0.717, 1.165) is 26.7 Å². The highest BCUT2D eigenvalue weighted by atomic mass is 32.1. The van der Waals surface area contributed by atoms with Crippen LogP contribution in [-0.4, -0.2) is 16.1 Å². The number of rotatable bonds is 6. The highest BCUT2D eigenvalue weighted by Gasteiger charge is 2.46. The third kappa shape index (κ3) is 2.91. The van der Waals surface area contributed by atoms with Crippen LogP contribution in [0.1, 0.15) is 33.2 Å². The summed E-state index contributed by atoms with van der Waals surface area (Å²) < 4.78 is 0. The molecule has 0 amide bonds. The molecule has 3 aromatic carbocycles. The van der Waals surface area contributed by atoms with Crippen molar-refractivity contribution in [1.82, 2.24) is 4.98 Å². The van der Waals surface area contributed by atoms with Crippen molar-refractivity contribution < 1.29 is 9.90 Å². The van der Waals surface area contributed by atoms with Crippen LogP contribution in [0.4, 0.5) is 5.13 Å². The van der Waals surface area contributed by atoms with Gasteiger partial charge in [0.05, 0.1) is 10.6 Å². The van der Waals surface area contributed by atoms with Crippen molar-refractivity contribution >= 4 is 22.4 Å². The Morgan fingerprint density at radius 1 is 0.828 bits per heavy atom. The molecule has 142 valence electrons. The van der Waals surface area contributed by atoms with E-state index < -0.39 is 17.4 Å². The Balaban J connectivity index is 1.68. The first-order valence-corrected chi connectivity index (χ1v) is 10.2. The second kappa shape index (κ2) is 6.87. The van der Waals surface area contributed by atoms with Gasteiger partial charge in [0.15, 0.2) is 5.13 Å². The number of nitrogens with one attached hydrogen (secondary N) is 1. The lowest BCUT2D eigenvalue weighted by atomic mass is 9.77. The monoisotopic (exact) mass is 398 g/mol. The molecule has 29 heavy (non-hydrogen) atoms. The largest absolute Gasteiger partial charge is 0.480 e. The van der Waals surface area contributed by atoms with Crippen LogP contribution in [-0.2, 0) is 10.3 Å². The van der Waals surface area contributed by atoms with E-state index in [9.17, 15) is 9.90 Å². The minimum Gasteiger partial charge on any atom is -0.480 e. The van der Waals surface area contributed by atoms with Gasteiger partial charge in [0, 0.05) is 0 Å². The van der Waals surface area contributed by atoms with Gasteiger partial charge in [0.25, 0.3) is 0 Å². The van der Waals surface area contributed by atoms with E-state index in [1.54, 1.807) is 0 Å². The second-order valence-electron chi connectivity index (χ2n) is 7.01. The molecule has 0 radical (unpaired) electrons. The quantitative estimate of drug-likeness (QED) is 0.445. The van der Waals surface area contributed by atoms with Gasteiger partial charge in [0.2, 0.25) is 0 Å². The molecule has 1 aromatic heterocycles. The van der Waals surface area contributed by atoms with Gasteiger partial charge in [-0.2, -0.15) is 0 Å². The summed E-state index contributed by atoms with van der Waals surface area (Å²) in [4.78, 5) is 16.7. The number of hydrogen-bond acceptors (Lipinski definition) is 4. The molecule has 0 fully saturated rings. The molecule has 0 saturated carbocycles. The summed E-state index contributed by atoms with van der Waals surface area (Å²) in [6.07, 6.45) is 0. The van der Waals surface area contributed by atoms with Crippen molar-refractivity contribution in [1.29, 1.82) is 0 Å². The predicted molar refractivity (Wildman–Crippen MR) is 114 cm³/mol. The number of fused-ring (bicyclic) bond motifs is 1. The van der Waals surface area contributed by atoms with Crippen LogP contribution in [0.15, 0.2) is 91.0 Å². The van der Waals surface area contributed by atoms with Crippen LogP contribution in [0.25, 0.3) is 0 Å². The van der Waals surface area contributed by atoms with Gasteiger partial charge < -0.3 is 10.4 Å². The molecule has 0 bridgehead atoms. The number of benzene rings is 3. The SMILES string of the molecule is O=C(O)C1c2nc(NC(c3ccccc3)(c3ccccc3)c3ccccc3)sc21. The van der Waals surface area contributed by atoms with E-state index in [0.29, 0.717) is 5.69 Å². The topological polar surface area (TPSA) is 62.2 Å². The maximum absolute atomic E-state index is 11.3. The molecule has 1 aliphatic carbocycles. The number of aromatic nitrogens is 1. The molecule has 1 unspecified atom stereocenters. The van der Waals surface area contributed by atoms with Gasteiger partial charge in [-0.15, -0.1) is 11.3 Å². The van der Waals surface area contributed by atoms with Crippen molar-refractivity contribution in [2.45, 2.75) is 11.5 Å². The Morgan fingerprint density at radius 2 is 1.28 bits per heavy atom. The average molecular weight is 398 g/mol. The molecule has 4 aromatic rings. The van der Waals surface area contributed by atoms with Gasteiger partial charge in [0.1, 0.15) is 11.5 Å². The van der Waals surface area contributed by atoms with Crippen molar-refractivity contribution in [3.05, 3.63) is 118 Å². The smallest absolute Gasteiger partial charge is 0.318 e. The van der Waals surface area contributed by atoms with Gasteiger partial charge in [-0.3, -0.25) is 4.79 Å². The van der Waals surface area contributed by atoms with Crippen molar-refractivity contribution in [3.63, 3.8) is 0 Å². The van der Waals surface area contributed by atoms with E-state index in [2.05, 4.69) is 46.7 Å². The Hall–Kier alpha value is -3.44. The van der Waals surface area contributed by atoms with Crippen LogP contribution in [0.3, 0.4) is 0 Å². The molecular formula is C24H18N2O2S. The fourth-order valence-corrected chi connectivity index (χ4v) is 4.98. The number of carboxylic acids is 1. The molecule has 4 nitrogen and oxygen atoms in total. The number of anilines is 1. The van der Waals surface area contributed by atoms with E-state index in [1.165, 1.54) is 11.3 Å². The lowest BCUT2D eigenvalue weighted by Gasteiger charge is -2.36.